The van der Waals surface area contributed by atoms with E-state index >= 15 is 0 Å². The van der Waals surface area contributed by atoms with Gasteiger partial charge in [-0.25, -0.2) is 15.0 Å². The van der Waals surface area contributed by atoms with Gasteiger partial charge in [0.2, 0.25) is 0 Å². The molecule has 0 N–H and O–H groups in total. The van der Waals surface area contributed by atoms with Crippen LogP contribution in [0.1, 0.15) is 62.1 Å². The van der Waals surface area contributed by atoms with Gasteiger partial charge in [-0.05, 0) is 93.8 Å². The highest BCUT2D eigenvalue weighted by atomic mass is 15.2. The summed E-state index contributed by atoms with van der Waals surface area (Å²) in [5.74, 6) is 2.02. The Balaban J connectivity index is 1.10. The third-order valence-electron chi connectivity index (χ3n) is 14.7. The normalized spacial score (nSPS) is 19.4. The van der Waals surface area contributed by atoms with Gasteiger partial charge in [0.1, 0.15) is 0 Å². The Kier molecular flexibility index (Phi) is 7.31. The van der Waals surface area contributed by atoms with Crippen LogP contribution in [-0.2, 0) is 17.3 Å². The topological polar surface area (TPSA) is 46.8 Å². The summed E-state index contributed by atoms with van der Waals surface area (Å²) in [5.41, 5.74) is 20.4. The number of aromatic nitrogens is 4. The number of fused-ring (bicyclic) bond motifs is 10. The fourth-order valence-electron chi connectivity index (χ4n) is 11.8. The second-order valence-electron chi connectivity index (χ2n) is 18.7. The van der Waals surface area contributed by atoms with Crippen LogP contribution in [0.4, 0.5) is 5.69 Å². The summed E-state index contributed by atoms with van der Waals surface area (Å²) < 4.78 is 2.59. The minimum Gasteiger partial charge on any atom is -0.356 e. The van der Waals surface area contributed by atoms with E-state index in [1.807, 2.05) is 36.4 Å². The molecular formula is C57H45N5. The Labute approximate surface area is 362 Å². The third-order valence-corrected chi connectivity index (χ3v) is 14.7. The Morgan fingerprint density at radius 1 is 0.565 bits per heavy atom. The lowest BCUT2D eigenvalue weighted by Crippen LogP contribution is -2.51. The van der Waals surface area contributed by atoms with Gasteiger partial charge in [0, 0.05) is 44.2 Å². The molecule has 0 amide bonds. The predicted octanol–water partition coefficient (Wildman–Crippen LogP) is 13.0. The number of benzene rings is 6. The molecule has 3 aliphatic heterocycles. The van der Waals surface area contributed by atoms with Crippen LogP contribution in [0, 0.1) is 0 Å². The van der Waals surface area contributed by atoms with Crippen molar-refractivity contribution in [2.24, 2.45) is 0 Å². The van der Waals surface area contributed by atoms with E-state index in [-0.39, 0.29) is 22.9 Å². The second kappa shape index (κ2) is 12.7. The molecule has 2 atom stereocenters. The van der Waals surface area contributed by atoms with Gasteiger partial charge in [0.15, 0.2) is 17.5 Å². The van der Waals surface area contributed by atoms with Crippen LogP contribution in [0.2, 0.25) is 0 Å². The van der Waals surface area contributed by atoms with E-state index in [2.05, 4.69) is 165 Å². The molecule has 0 spiro atoms. The standard InChI is InChI=1S/C57H45N5/c1-56(2)42-24-14-16-26-46(42)62-48-33-40-39-30-37(55-59-53(35-20-10-6-11-21-35)58-54(60-55)36-22-12-7-13-23-36)28-29-45(39)61-47-27-17-15-25-43(47)57(3,4)50(52(40)61)49(48)41-31-38(32-44(56)51(41)62)34-18-8-5-9-19-34/h5-25,27-32,46,48H,26,33H2,1-4H3. The summed E-state index contributed by atoms with van der Waals surface area (Å²) in [5, 5.41) is 1.27. The maximum Gasteiger partial charge on any atom is 0.164 e. The fraction of sp³-hybridized carbons (Fsp3) is 0.175. The number of hydrogen-bond acceptors (Lipinski definition) is 4. The molecule has 2 unspecified atom stereocenters. The van der Waals surface area contributed by atoms with Crippen molar-refractivity contribution in [1.29, 1.82) is 0 Å². The zero-order valence-electron chi connectivity index (χ0n) is 35.4. The zero-order valence-corrected chi connectivity index (χ0v) is 35.4. The number of anilines is 1. The average molecular weight is 800 g/mol. The van der Waals surface area contributed by atoms with Crippen LogP contribution in [0.15, 0.2) is 169 Å². The monoisotopic (exact) mass is 799 g/mol. The Hall–Kier alpha value is -7.11. The molecule has 2 aliphatic carbocycles. The summed E-state index contributed by atoms with van der Waals surface area (Å²) in [6.07, 6.45) is 9.01. The molecule has 5 heteroatoms. The summed E-state index contributed by atoms with van der Waals surface area (Å²) in [4.78, 5) is 18.3. The first-order valence-corrected chi connectivity index (χ1v) is 22.1. The van der Waals surface area contributed by atoms with Gasteiger partial charge < -0.3 is 9.47 Å². The van der Waals surface area contributed by atoms with Crippen molar-refractivity contribution in [3.63, 3.8) is 0 Å². The van der Waals surface area contributed by atoms with Gasteiger partial charge in [0.25, 0.3) is 0 Å². The number of rotatable bonds is 4. The van der Waals surface area contributed by atoms with Crippen molar-refractivity contribution in [2.75, 3.05) is 4.90 Å². The van der Waals surface area contributed by atoms with Crippen LogP contribution in [-0.4, -0.2) is 31.6 Å². The van der Waals surface area contributed by atoms with E-state index in [1.165, 1.54) is 78.1 Å². The van der Waals surface area contributed by atoms with Crippen molar-refractivity contribution in [1.82, 2.24) is 19.5 Å². The number of nitrogens with zero attached hydrogens (tertiary/aromatic N) is 5. The largest absolute Gasteiger partial charge is 0.356 e. The quantitative estimate of drug-likeness (QED) is 0.178. The molecule has 298 valence electrons. The van der Waals surface area contributed by atoms with Gasteiger partial charge in [-0.2, -0.15) is 0 Å². The highest BCUT2D eigenvalue weighted by molar-refractivity contribution is 6.12. The summed E-state index contributed by atoms with van der Waals surface area (Å²) in [6, 6.07) is 53.1. The maximum atomic E-state index is 5.19. The lowest BCUT2D eigenvalue weighted by molar-refractivity contribution is 0.484. The molecule has 0 saturated carbocycles. The molecule has 2 aromatic heterocycles. The maximum absolute atomic E-state index is 5.19. The SMILES string of the molecule is CC1(C)C2=C3c4cc(-c5ccccc5)cc5c4N(C4CC=CC=C4C5(C)C)C3Cc3c2n(c2ccc(-c4nc(-c5ccccc5)nc(-c5ccccc5)n4)cc32)-c2ccccc21. The van der Waals surface area contributed by atoms with E-state index in [4.69, 9.17) is 15.0 Å². The van der Waals surface area contributed by atoms with Gasteiger partial charge in [-0.3, -0.25) is 0 Å². The molecule has 13 rings (SSSR count). The van der Waals surface area contributed by atoms with Crippen LogP contribution in [0.25, 0.3) is 73.0 Å². The van der Waals surface area contributed by atoms with Crippen LogP contribution in [0.5, 0.6) is 0 Å². The predicted molar refractivity (Wildman–Crippen MR) is 253 cm³/mol. The molecule has 5 nitrogen and oxygen atoms in total. The highest BCUT2D eigenvalue weighted by Crippen LogP contribution is 2.63. The van der Waals surface area contributed by atoms with E-state index < -0.39 is 0 Å². The molecule has 5 aliphatic rings. The molecule has 62 heavy (non-hydrogen) atoms. The van der Waals surface area contributed by atoms with E-state index in [9.17, 15) is 0 Å². The Morgan fingerprint density at radius 3 is 1.89 bits per heavy atom. The summed E-state index contributed by atoms with van der Waals surface area (Å²) in [6.45, 7) is 9.85. The number of para-hydroxylation sites is 1. The smallest absolute Gasteiger partial charge is 0.164 e. The Bertz CT molecular complexity index is 3240. The first-order chi connectivity index (χ1) is 30.3. The lowest BCUT2D eigenvalue weighted by atomic mass is 9.67. The van der Waals surface area contributed by atoms with Crippen molar-refractivity contribution in [3.8, 4) is 51.0 Å². The Morgan fingerprint density at radius 2 is 1.19 bits per heavy atom. The van der Waals surface area contributed by atoms with Crippen LogP contribution >= 0.6 is 0 Å². The van der Waals surface area contributed by atoms with Crippen LogP contribution < -0.4 is 4.90 Å². The number of hydrogen-bond donors (Lipinski definition) is 0. The minimum atomic E-state index is -0.263. The zero-order chi connectivity index (χ0) is 41.5. The van der Waals surface area contributed by atoms with Crippen LogP contribution in [0.3, 0.4) is 0 Å². The van der Waals surface area contributed by atoms with Crippen molar-refractivity contribution in [2.45, 2.75) is 63.5 Å². The van der Waals surface area contributed by atoms with Gasteiger partial charge in [-0.15, -0.1) is 0 Å². The molecule has 0 saturated heterocycles. The van der Waals surface area contributed by atoms with Crippen molar-refractivity contribution in [3.05, 3.63) is 197 Å². The molecule has 6 aromatic carbocycles. The summed E-state index contributed by atoms with van der Waals surface area (Å²) in [7, 11) is 0. The first kappa shape index (κ1) is 35.6. The molecule has 0 bridgehead atoms. The summed E-state index contributed by atoms with van der Waals surface area (Å²) >= 11 is 0. The number of allylic oxidation sites excluding steroid dienone is 3. The van der Waals surface area contributed by atoms with Gasteiger partial charge in [0.05, 0.1) is 29.0 Å². The molecule has 0 fully saturated rings. The molecule has 0 radical (unpaired) electrons. The third kappa shape index (κ3) is 4.82. The van der Waals surface area contributed by atoms with E-state index in [0.29, 0.717) is 17.5 Å². The molecule has 8 aromatic rings. The second-order valence-corrected chi connectivity index (χ2v) is 18.7. The first-order valence-electron chi connectivity index (χ1n) is 22.1. The average Bonchev–Trinajstić information content (AvgIpc) is 3.82. The van der Waals surface area contributed by atoms with E-state index in [1.54, 1.807) is 0 Å². The van der Waals surface area contributed by atoms with Crippen molar-refractivity contribution >= 4 is 27.7 Å². The molecule has 5 heterocycles. The van der Waals surface area contributed by atoms with Gasteiger partial charge >= 0.3 is 0 Å². The molecular weight excluding hydrogens is 755 g/mol. The minimum absolute atomic E-state index is 0.125. The van der Waals surface area contributed by atoms with Gasteiger partial charge in [-0.1, -0.05) is 155 Å². The lowest BCUT2D eigenvalue weighted by Gasteiger charge is -2.50. The highest BCUT2D eigenvalue weighted by Gasteiger charge is 2.54. The van der Waals surface area contributed by atoms with Crippen molar-refractivity contribution < 1.29 is 0 Å². The van der Waals surface area contributed by atoms with E-state index in [0.717, 1.165) is 29.5 Å². The fourth-order valence-corrected chi connectivity index (χ4v) is 11.8.